The van der Waals surface area contributed by atoms with Crippen LogP contribution in [0.3, 0.4) is 0 Å². The van der Waals surface area contributed by atoms with Gasteiger partial charge in [-0.15, -0.1) is 15.3 Å². The average molecular weight is 470 g/mol. The lowest BCUT2D eigenvalue weighted by atomic mass is 10.2. The van der Waals surface area contributed by atoms with Gasteiger partial charge in [0.25, 0.3) is 5.95 Å². The third-order valence-corrected chi connectivity index (χ3v) is 6.04. The number of rotatable bonds is 4. The lowest BCUT2D eigenvalue weighted by Gasteiger charge is -1.98. The van der Waals surface area contributed by atoms with Crippen LogP contribution < -0.4 is 11.2 Å². The zero-order chi connectivity index (χ0) is 23.2. The fourth-order valence-electron chi connectivity index (χ4n) is 3.46. The lowest BCUT2D eigenvalue weighted by Crippen LogP contribution is -2.17. The highest BCUT2D eigenvalue weighted by Crippen LogP contribution is 2.26. The van der Waals surface area contributed by atoms with E-state index in [1.54, 1.807) is 37.3 Å². The Bertz CT molecular complexity index is 1820. The monoisotopic (exact) mass is 470 g/mol. The highest BCUT2D eigenvalue weighted by atomic mass is 32.1. The van der Waals surface area contributed by atoms with Crippen LogP contribution in [-0.4, -0.2) is 29.6 Å². The van der Waals surface area contributed by atoms with Gasteiger partial charge >= 0.3 is 11.2 Å². The maximum atomic E-state index is 13.0. The van der Waals surface area contributed by atoms with Gasteiger partial charge in [-0.25, -0.2) is 4.79 Å². The molecule has 0 unspecified atom stereocenters. The number of nitrogens with zero attached hydrogens (tertiary/aromatic N) is 7. The van der Waals surface area contributed by atoms with Gasteiger partial charge in [0, 0.05) is 5.39 Å². The van der Waals surface area contributed by atoms with E-state index in [-0.39, 0.29) is 11.6 Å². The minimum absolute atomic E-state index is 0.136. The maximum Gasteiger partial charge on any atom is 0.346 e. The molecule has 0 aliphatic carbocycles. The summed E-state index contributed by atoms with van der Waals surface area (Å²) in [5.74, 6) is 0.136. The zero-order valence-corrected chi connectivity index (χ0v) is 18.4. The van der Waals surface area contributed by atoms with Crippen molar-refractivity contribution in [3.05, 3.63) is 87.1 Å². The normalized spacial score (nSPS) is 11.8. The first-order chi connectivity index (χ1) is 16.6. The average Bonchev–Trinajstić information content (AvgIpc) is 3.51. The zero-order valence-electron chi connectivity index (χ0n) is 17.5. The molecule has 166 valence electrons. The standard InChI is InChI=1S/C22H14N8O3S/c1-12-17(24-23-14-8-3-2-4-9-14)19(31)29(27-12)21-25-26-22-30(21)28-18(34-22)15-11-13-7-5-6-10-16(13)33-20(15)32/h2-11,27H,1H3. The molecule has 4 aromatic heterocycles. The molecule has 0 amide bonds. The topological polar surface area (TPSA) is 136 Å². The molecule has 0 aliphatic rings. The first-order valence-electron chi connectivity index (χ1n) is 10.1. The molecule has 34 heavy (non-hydrogen) atoms. The van der Waals surface area contributed by atoms with Gasteiger partial charge in [0.15, 0.2) is 10.7 Å². The number of azo groups is 1. The highest BCUT2D eigenvalue weighted by Gasteiger charge is 2.21. The van der Waals surface area contributed by atoms with Crippen LogP contribution in [0.1, 0.15) is 5.69 Å². The number of H-pyrrole nitrogens is 1. The number of aromatic amines is 1. The second kappa shape index (κ2) is 7.71. The smallest absolute Gasteiger partial charge is 0.346 e. The van der Waals surface area contributed by atoms with Crippen molar-refractivity contribution in [3.63, 3.8) is 0 Å². The van der Waals surface area contributed by atoms with Crippen molar-refractivity contribution in [3.8, 4) is 16.5 Å². The van der Waals surface area contributed by atoms with Crippen LogP contribution in [0.15, 0.2) is 84.9 Å². The first kappa shape index (κ1) is 19.9. The van der Waals surface area contributed by atoms with Crippen LogP contribution in [-0.2, 0) is 0 Å². The predicted molar refractivity (Wildman–Crippen MR) is 125 cm³/mol. The molecule has 0 bridgehead atoms. The van der Waals surface area contributed by atoms with E-state index >= 15 is 0 Å². The minimum Gasteiger partial charge on any atom is -0.422 e. The van der Waals surface area contributed by atoms with Crippen molar-refractivity contribution < 1.29 is 4.42 Å². The first-order valence-corrected chi connectivity index (χ1v) is 10.9. The summed E-state index contributed by atoms with van der Waals surface area (Å²) in [4.78, 5) is 26.0. The summed E-state index contributed by atoms with van der Waals surface area (Å²) in [6, 6.07) is 18.1. The summed E-state index contributed by atoms with van der Waals surface area (Å²) in [5.41, 5.74) is 1.10. The number of fused-ring (bicyclic) bond motifs is 2. The molecule has 12 heteroatoms. The van der Waals surface area contributed by atoms with Gasteiger partial charge in [0.2, 0.25) is 4.96 Å². The number of hydrogen-bond donors (Lipinski definition) is 1. The molecule has 0 spiro atoms. The van der Waals surface area contributed by atoms with Crippen LogP contribution in [0.2, 0.25) is 0 Å². The summed E-state index contributed by atoms with van der Waals surface area (Å²) < 4.78 is 8.01. The number of nitrogens with one attached hydrogen (secondary N) is 1. The van der Waals surface area contributed by atoms with Crippen molar-refractivity contribution in [2.75, 3.05) is 0 Å². The molecule has 0 aliphatic heterocycles. The van der Waals surface area contributed by atoms with Crippen molar-refractivity contribution in [2.45, 2.75) is 6.92 Å². The minimum atomic E-state index is -0.512. The van der Waals surface area contributed by atoms with E-state index in [1.165, 1.54) is 9.20 Å². The van der Waals surface area contributed by atoms with Crippen molar-refractivity contribution >= 4 is 38.6 Å². The van der Waals surface area contributed by atoms with E-state index in [2.05, 4.69) is 30.6 Å². The Morgan fingerprint density at radius 3 is 2.65 bits per heavy atom. The van der Waals surface area contributed by atoms with Crippen LogP contribution in [0.25, 0.3) is 32.4 Å². The molecule has 0 atom stereocenters. The highest BCUT2D eigenvalue weighted by molar-refractivity contribution is 7.19. The van der Waals surface area contributed by atoms with Gasteiger partial charge in [-0.3, -0.25) is 9.89 Å². The molecule has 0 fully saturated rings. The van der Waals surface area contributed by atoms with Crippen LogP contribution >= 0.6 is 11.3 Å². The molecule has 11 nitrogen and oxygen atoms in total. The van der Waals surface area contributed by atoms with E-state index < -0.39 is 11.2 Å². The molecule has 6 rings (SSSR count). The summed E-state index contributed by atoms with van der Waals surface area (Å²) in [6.07, 6.45) is 0. The fourth-order valence-corrected chi connectivity index (χ4v) is 4.30. The molecule has 0 saturated carbocycles. The van der Waals surface area contributed by atoms with E-state index in [4.69, 9.17) is 4.42 Å². The summed E-state index contributed by atoms with van der Waals surface area (Å²) in [6.45, 7) is 1.71. The Morgan fingerprint density at radius 2 is 1.79 bits per heavy atom. The molecule has 0 radical (unpaired) electrons. The number of aryl methyl sites for hydroxylation is 1. The second-order valence-electron chi connectivity index (χ2n) is 7.35. The van der Waals surface area contributed by atoms with Gasteiger partial charge in [0.1, 0.15) is 5.58 Å². The van der Waals surface area contributed by atoms with E-state index in [9.17, 15) is 9.59 Å². The maximum absolute atomic E-state index is 13.0. The Morgan fingerprint density at radius 1 is 1.00 bits per heavy atom. The SMILES string of the molecule is Cc1[nH]n(-c2nnc3sc(-c4cc5ccccc5oc4=O)nn23)c(=O)c1N=Nc1ccccc1. The van der Waals surface area contributed by atoms with Gasteiger partial charge in [-0.05, 0) is 31.2 Å². The van der Waals surface area contributed by atoms with Gasteiger partial charge in [-0.1, -0.05) is 47.7 Å². The van der Waals surface area contributed by atoms with Gasteiger partial charge in [-0.2, -0.15) is 19.4 Å². The van der Waals surface area contributed by atoms with E-state index in [1.807, 2.05) is 30.3 Å². The van der Waals surface area contributed by atoms with Crippen molar-refractivity contribution in [2.24, 2.45) is 10.2 Å². The van der Waals surface area contributed by atoms with Crippen LogP contribution in [0, 0.1) is 6.92 Å². The molecular formula is C22H14N8O3S. The molecular weight excluding hydrogens is 456 g/mol. The van der Waals surface area contributed by atoms with Gasteiger partial charge in [0.05, 0.1) is 16.9 Å². The van der Waals surface area contributed by atoms with Gasteiger partial charge < -0.3 is 4.42 Å². The Kier molecular flexibility index (Phi) is 4.52. The Balaban J connectivity index is 1.43. The number of benzene rings is 2. The molecule has 6 aromatic rings. The number of aromatic nitrogens is 6. The summed E-state index contributed by atoms with van der Waals surface area (Å²) in [7, 11) is 0. The van der Waals surface area contributed by atoms with Crippen molar-refractivity contribution in [1.82, 2.24) is 29.6 Å². The third-order valence-electron chi connectivity index (χ3n) is 5.11. The van der Waals surface area contributed by atoms with Crippen LogP contribution in [0.4, 0.5) is 11.4 Å². The van der Waals surface area contributed by atoms with Crippen molar-refractivity contribution in [1.29, 1.82) is 0 Å². The molecule has 0 saturated heterocycles. The summed E-state index contributed by atoms with van der Waals surface area (Å²) in [5, 5.41) is 25.0. The quantitative estimate of drug-likeness (QED) is 0.303. The molecule has 4 heterocycles. The molecule has 2 aromatic carbocycles. The third kappa shape index (κ3) is 3.24. The van der Waals surface area contributed by atoms with E-state index in [0.717, 1.165) is 16.7 Å². The fraction of sp³-hybridized carbons (Fsp3) is 0.0455. The lowest BCUT2D eigenvalue weighted by molar-refractivity contribution is 0.563. The number of hydrogen-bond acceptors (Lipinski definition) is 9. The molecule has 1 N–H and O–H groups in total. The Labute approximate surface area is 193 Å². The Hall–Kier alpha value is -4.71. The number of para-hydroxylation sites is 1. The summed E-state index contributed by atoms with van der Waals surface area (Å²) >= 11 is 1.16. The predicted octanol–water partition coefficient (Wildman–Crippen LogP) is 4.16. The van der Waals surface area contributed by atoms with E-state index in [0.29, 0.717) is 32.5 Å². The largest absolute Gasteiger partial charge is 0.422 e. The second-order valence-corrected chi connectivity index (χ2v) is 8.30. The van der Waals surface area contributed by atoms with Crippen LogP contribution in [0.5, 0.6) is 0 Å².